The van der Waals surface area contributed by atoms with Crippen molar-refractivity contribution in [3.05, 3.63) is 53.5 Å². The van der Waals surface area contributed by atoms with Crippen LogP contribution in [0, 0.1) is 12.7 Å². The predicted octanol–water partition coefficient (Wildman–Crippen LogP) is 1.91. The molecule has 2 aromatic carbocycles. The maximum atomic E-state index is 13.7. The van der Waals surface area contributed by atoms with E-state index in [-0.39, 0.29) is 12.1 Å². The Morgan fingerprint density at radius 2 is 2.07 bits per heavy atom. The molecule has 1 atom stereocenters. The molecule has 0 spiro atoms. The number of benzene rings is 2. The Bertz CT molecular complexity index is 1100. The van der Waals surface area contributed by atoms with E-state index >= 15 is 0 Å². The highest BCUT2D eigenvalue weighted by molar-refractivity contribution is 7.92. The number of nitrogens with zero attached hydrogens (tertiary/aromatic N) is 1. The molecule has 0 aliphatic carbocycles. The third kappa shape index (κ3) is 5.89. The van der Waals surface area contributed by atoms with E-state index in [0.717, 1.165) is 28.9 Å². The molecule has 1 aromatic heterocycles. The van der Waals surface area contributed by atoms with E-state index in [9.17, 15) is 17.9 Å². The number of aromatic nitrogens is 2. The Morgan fingerprint density at radius 3 is 2.83 bits per heavy atom. The Labute approximate surface area is 168 Å². The van der Waals surface area contributed by atoms with Crippen LogP contribution in [0.15, 0.2) is 36.4 Å². The molecule has 0 bridgehead atoms. The van der Waals surface area contributed by atoms with Gasteiger partial charge in [0.05, 0.1) is 17.5 Å². The van der Waals surface area contributed by atoms with Gasteiger partial charge in [0.25, 0.3) is 0 Å². The van der Waals surface area contributed by atoms with Gasteiger partial charge in [0.1, 0.15) is 24.4 Å². The number of H-pyrrole nitrogens is 1. The standard InChI is InChI=1S/C19H23FN4O4S/c1-12-15-5-4-14(11-17(15)23-22-12)28-8-7-21-19(25)10-13-3-6-16(20)18(9-13)24-29(2,26)27/h3-6,9,11,19,21,24-25H,7-8,10H2,1-2H3,(H,22,23)/t19-/m1/s1. The largest absolute Gasteiger partial charge is 0.492 e. The topological polar surface area (TPSA) is 116 Å². The van der Waals surface area contributed by atoms with E-state index in [1.807, 2.05) is 25.1 Å². The van der Waals surface area contributed by atoms with Gasteiger partial charge in [-0.2, -0.15) is 5.10 Å². The number of aryl methyl sites for hydroxylation is 1. The number of sulfonamides is 1. The molecule has 0 unspecified atom stereocenters. The summed E-state index contributed by atoms with van der Waals surface area (Å²) in [4.78, 5) is 0. The lowest BCUT2D eigenvalue weighted by molar-refractivity contribution is 0.130. The molecule has 0 aliphatic rings. The van der Waals surface area contributed by atoms with E-state index in [0.29, 0.717) is 24.5 Å². The highest BCUT2D eigenvalue weighted by atomic mass is 32.2. The fourth-order valence-electron chi connectivity index (χ4n) is 2.88. The minimum absolute atomic E-state index is 0.149. The molecule has 3 aromatic rings. The van der Waals surface area contributed by atoms with Crippen LogP contribution in [0.1, 0.15) is 11.3 Å². The summed E-state index contributed by atoms with van der Waals surface area (Å²) < 4.78 is 44.1. The molecule has 29 heavy (non-hydrogen) atoms. The van der Waals surface area contributed by atoms with Crippen molar-refractivity contribution in [1.29, 1.82) is 0 Å². The Hall–Kier alpha value is -2.69. The lowest BCUT2D eigenvalue weighted by Gasteiger charge is -2.14. The molecule has 10 heteroatoms. The van der Waals surface area contributed by atoms with Crippen LogP contribution in [-0.4, -0.2) is 49.4 Å². The molecule has 8 nitrogen and oxygen atoms in total. The van der Waals surface area contributed by atoms with Gasteiger partial charge < -0.3 is 9.84 Å². The second kappa shape index (κ2) is 8.76. The monoisotopic (exact) mass is 422 g/mol. The van der Waals surface area contributed by atoms with Crippen molar-refractivity contribution < 1.29 is 22.7 Å². The van der Waals surface area contributed by atoms with E-state index in [1.165, 1.54) is 12.1 Å². The number of aliphatic hydroxyl groups is 1. The molecule has 1 heterocycles. The lowest BCUT2D eigenvalue weighted by Crippen LogP contribution is -2.34. The third-order valence-corrected chi connectivity index (χ3v) is 4.81. The number of ether oxygens (including phenoxy) is 1. The maximum absolute atomic E-state index is 13.7. The Balaban J connectivity index is 1.48. The zero-order chi connectivity index (χ0) is 21.0. The molecular formula is C19H23FN4O4S. The molecule has 0 aliphatic heterocycles. The lowest BCUT2D eigenvalue weighted by atomic mass is 10.1. The summed E-state index contributed by atoms with van der Waals surface area (Å²) in [5.41, 5.74) is 2.25. The van der Waals surface area contributed by atoms with Gasteiger partial charge in [-0.1, -0.05) is 6.07 Å². The number of rotatable bonds is 9. The summed E-state index contributed by atoms with van der Waals surface area (Å²) in [7, 11) is -3.59. The van der Waals surface area contributed by atoms with Crippen LogP contribution in [-0.2, 0) is 16.4 Å². The van der Waals surface area contributed by atoms with E-state index in [4.69, 9.17) is 4.74 Å². The number of aromatic amines is 1. The van der Waals surface area contributed by atoms with Crippen molar-refractivity contribution in [2.75, 3.05) is 24.1 Å². The van der Waals surface area contributed by atoms with Crippen molar-refractivity contribution in [1.82, 2.24) is 15.5 Å². The minimum Gasteiger partial charge on any atom is -0.492 e. The number of halogens is 1. The van der Waals surface area contributed by atoms with E-state index in [1.54, 1.807) is 0 Å². The van der Waals surface area contributed by atoms with Crippen LogP contribution in [0.2, 0.25) is 0 Å². The second-order valence-electron chi connectivity index (χ2n) is 6.74. The van der Waals surface area contributed by atoms with Crippen LogP contribution >= 0.6 is 0 Å². The first-order valence-corrected chi connectivity index (χ1v) is 10.9. The van der Waals surface area contributed by atoms with Gasteiger partial charge in [0.15, 0.2) is 0 Å². The van der Waals surface area contributed by atoms with Crippen molar-refractivity contribution in [2.45, 2.75) is 19.6 Å². The summed E-state index contributed by atoms with van der Waals surface area (Å²) in [6.45, 7) is 2.66. The molecule has 3 rings (SSSR count). The van der Waals surface area contributed by atoms with Crippen molar-refractivity contribution in [2.24, 2.45) is 0 Å². The summed E-state index contributed by atoms with van der Waals surface area (Å²) in [6, 6.07) is 9.64. The van der Waals surface area contributed by atoms with Gasteiger partial charge in [0.2, 0.25) is 10.0 Å². The van der Waals surface area contributed by atoms with E-state index in [2.05, 4.69) is 20.2 Å². The number of hydrogen-bond donors (Lipinski definition) is 4. The fraction of sp³-hybridized carbons (Fsp3) is 0.316. The molecule has 156 valence electrons. The SMILES string of the molecule is Cc1[nH]nc2cc(OCCN[C@H](O)Cc3ccc(F)c(NS(C)(=O)=O)c3)ccc12. The highest BCUT2D eigenvalue weighted by Gasteiger charge is 2.11. The summed E-state index contributed by atoms with van der Waals surface area (Å²) in [6.07, 6.45) is 0.226. The summed E-state index contributed by atoms with van der Waals surface area (Å²) in [5.74, 6) is -0.00517. The normalized spacial score (nSPS) is 12.8. The zero-order valence-corrected chi connectivity index (χ0v) is 16.9. The molecule has 4 N–H and O–H groups in total. The third-order valence-electron chi connectivity index (χ3n) is 4.22. The van der Waals surface area contributed by atoms with Gasteiger partial charge >= 0.3 is 0 Å². The van der Waals surface area contributed by atoms with Crippen LogP contribution in [0.25, 0.3) is 10.9 Å². The molecule has 0 amide bonds. The van der Waals surface area contributed by atoms with Crippen LogP contribution in [0.5, 0.6) is 5.75 Å². The minimum atomic E-state index is -3.59. The van der Waals surface area contributed by atoms with Crippen LogP contribution < -0.4 is 14.8 Å². The molecule has 0 radical (unpaired) electrons. The summed E-state index contributed by atoms with van der Waals surface area (Å²) >= 11 is 0. The number of nitrogens with one attached hydrogen (secondary N) is 3. The van der Waals surface area contributed by atoms with E-state index < -0.39 is 22.1 Å². The predicted molar refractivity (Wildman–Crippen MR) is 109 cm³/mol. The molecule has 0 fully saturated rings. The Morgan fingerprint density at radius 1 is 1.28 bits per heavy atom. The van der Waals surface area contributed by atoms with Gasteiger partial charge in [-0.25, -0.2) is 12.8 Å². The average molecular weight is 422 g/mol. The quantitative estimate of drug-likeness (QED) is 0.309. The van der Waals surface area contributed by atoms with Crippen LogP contribution in [0.4, 0.5) is 10.1 Å². The van der Waals surface area contributed by atoms with Gasteiger partial charge in [-0.3, -0.25) is 15.1 Å². The van der Waals surface area contributed by atoms with Crippen LogP contribution in [0.3, 0.4) is 0 Å². The van der Waals surface area contributed by atoms with Crippen molar-refractivity contribution in [3.8, 4) is 5.75 Å². The molecule has 0 saturated carbocycles. The number of anilines is 1. The fourth-order valence-corrected chi connectivity index (χ4v) is 3.44. The second-order valence-corrected chi connectivity index (χ2v) is 8.49. The van der Waals surface area contributed by atoms with Crippen molar-refractivity contribution >= 4 is 26.6 Å². The summed E-state index contributed by atoms with van der Waals surface area (Å²) in [5, 5.41) is 21.2. The highest BCUT2D eigenvalue weighted by Crippen LogP contribution is 2.21. The number of fused-ring (bicyclic) bond motifs is 1. The van der Waals surface area contributed by atoms with Crippen molar-refractivity contribution in [3.63, 3.8) is 0 Å². The van der Waals surface area contributed by atoms with Gasteiger partial charge in [-0.15, -0.1) is 0 Å². The van der Waals surface area contributed by atoms with Gasteiger partial charge in [0, 0.05) is 30.1 Å². The number of hydrogen-bond acceptors (Lipinski definition) is 6. The first kappa shape index (κ1) is 21.0. The average Bonchev–Trinajstić information content (AvgIpc) is 3.01. The van der Waals surface area contributed by atoms with Gasteiger partial charge in [-0.05, 0) is 36.8 Å². The molecule has 0 saturated heterocycles. The first-order valence-electron chi connectivity index (χ1n) is 8.96. The first-order chi connectivity index (χ1) is 13.7. The molecular weight excluding hydrogens is 399 g/mol. The zero-order valence-electron chi connectivity index (χ0n) is 16.1. The number of aliphatic hydroxyl groups excluding tert-OH is 1. The smallest absolute Gasteiger partial charge is 0.229 e. The maximum Gasteiger partial charge on any atom is 0.229 e. The Kier molecular flexibility index (Phi) is 6.36.